The predicted octanol–water partition coefficient (Wildman–Crippen LogP) is 2.05. The zero-order valence-electron chi connectivity index (χ0n) is 9.18. The standard InChI is InChI=1S/C11H23NO/c1-9(2)10(3)12-6-7-13-8-11-4-5-11/h9-12H,4-8H2,1-3H3. The van der Waals surface area contributed by atoms with Gasteiger partial charge in [-0.15, -0.1) is 0 Å². The van der Waals surface area contributed by atoms with Gasteiger partial charge in [-0.1, -0.05) is 13.8 Å². The van der Waals surface area contributed by atoms with Gasteiger partial charge in [0.1, 0.15) is 0 Å². The van der Waals surface area contributed by atoms with E-state index >= 15 is 0 Å². The lowest BCUT2D eigenvalue weighted by atomic mass is 10.1. The van der Waals surface area contributed by atoms with Crippen molar-refractivity contribution in [3.8, 4) is 0 Å². The van der Waals surface area contributed by atoms with Gasteiger partial charge in [0.15, 0.2) is 0 Å². The van der Waals surface area contributed by atoms with E-state index in [1.54, 1.807) is 0 Å². The van der Waals surface area contributed by atoms with Gasteiger partial charge in [0.05, 0.1) is 6.61 Å². The minimum absolute atomic E-state index is 0.601. The second-order valence-corrected chi connectivity index (χ2v) is 4.51. The van der Waals surface area contributed by atoms with Gasteiger partial charge in [-0.05, 0) is 31.6 Å². The number of hydrogen-bond acceptors (Lipinski definition) is 2. The molecule has 1 aliphatic carbocycles. The van der Waals surface area contributed by atoms with Gasteiger partial charge in [-0.25, -0.2) is 0 Å². The molecule has 0 aromatic carbocycles. The van der Waals surface area contributed by atoms with Crippen LogP contribution in [0.25, 0.3) is 0 Å². The van der Waals surface area contributed by atoms with Gasteiger partial charge < -0.3 is 10.1 Å². The van der Waals surface area contributed by atoms with Crippen LogP contribution in [-0.2, 0) is 4.74 Å². The molecule has 1 rings (SSSR count). The summed E-state index contributed by atoms with van der Waals surface area (Å²) in [4.78, 5) is 0. The maximum absolute atomic E-state index is 5.53. The van der Waals surface area contributed by atoms with Crippen LogP contribution in [0.1, 0.15) is 33.6 Å². The molecule has 0 amide bonds. The number of nitrogens with one attached hydrogen (secondary N) is 1. The summed E-state index contributed by atoms with van der Waals surface area (Å²) in [5.74, 6) is 1.60. The number of rotatable bonds is 7. The second kappa shape index (κ2) is 5.61. The van der Waals surface area contributed by atoms with Gasteiger partial charge in [0, 0.05) is 19.2 Å². The first kappa shape index (κ1) is 11.0. The Bertz CT molecular complexity index is 132. The summed E-state index contributed by atoms with van der Waals surface area (Å²) in [6.07, 6.45) is 2.77. The van der Waals surface area contributed by atoms with Crippen molar-refractivity contribution in [1.29, 1.82) is 0 Å². The maximum Gasteiger partial charge on any atom is 0.0591 e. The molecule has 13 heavy (non-hydrogen) atoms. The fraction of sp³-hybridized carbons (Fsp3) is 1.00. The molecule has 0 aromatic heterocycles. The first-order valence-corrected chi connectivity index (χ1v) is 5.51. The van der Waals surface area contributed by atoms with Crippen molar-refractivity contribution in [2.24, 2.45) is 11.8 Å². The van der Waals surface area contributed by atoms with Crippen LogP contribution in [0.3, 0.4) is 0 Å². The molecule has 0 aliphatic heterocycles. The molecule has 0 aromatic rings. The Morgan fingerprint density at radius 2 is 2.00 bits per heavy atom. The third-order valence-corrected chi connectivity index (χ3v) is 2.76. The van der Waals surface area contributed by atoms with Crippen LogP contribution >= 0.6 is 0 Å². The summed E-state index contributed by atoms with van der Waals surface area (Å²) in [5.41, 5.74) is 0. The average Bonchev–Trinajstić information content (AvgIpc) is 2.87. The third kappa shape index (κ3) is 5.27. The van der Waals surface area contributed by atoms with Crippen LogP contribution in [0.15, 0.2) is 0 Å². The van der Waals surface area contributed by atoms with Gasteiger partial charge in [0.25, 0.3) is 0 Å². The topological polar surface area (TPSA) is 21.3 Å². The third-order valence-electron chi connectivity index (χ3n) is 2.76. The molecule has 1 fully saturated rings. The van der Waals surface area contributed by atoms with E-state index in [2.05, 4.69) is 26.1 Å². The zero-order valence-corrected chi connectivity index (χ0v) is 9.18. The Kier molecular flexibility index (Phi) is 4.74. The molecule has 0 bridgehead atoms. The SMILES string of the molecule is CC(C)C(C)NCCOCC1CC1. The highest BCUT2D eigenvalue weighted by Gasteiger charge is 2.20. The van der Waals surface area contributed by atoms with E-state index in [-0.39, 0.29) is 0 Å². The zero-order chi connectivity index (χ0) is 9.68. The van der Waals surface area contributed by atoms with Crippen LogP contribution in [0.4, 0.5) is 0 Å². The molecule has 0 radical (unpaired) electrons. The summed E-state index contributed by atoms with van der Waals surface area (Å²) in [6.45, 7) is 9.55. The quantitative estimate of drug-likeness (QED) is 0.613. The molecule has 2 nitrogen and oxygen atoms in total. The smallest absolute Gasteiger partial charge is 0.0591 e. The average molecular weight is 185 g/mol. The molecule has 0 saturated heterocycles. The van der Waals surface area contributed by atoms with E-state index in [0.717, 1.165) is 25.7 Å². The van der Waals surface area contributed by atoms with Crippen LogP contribution in [0.5, 0.6) is 0 Å². The minimum Gasteiger partial charge on any atom is -0.380 e. The van der Waals surface area contributed by atoms with Crippen LogP contribution in [0.2, 0.25) is 0 Å². The van der Waals surface area contributed by atoms with E-state index in [4.69, 9.17) is 4.74 Å². The van der Waals surface area contributed by atoms with Crippen molar-refractivity contribution in [2.45, 2.75) is 39.7 Å². The Labute approximate surface area is 82.0 Å². The Balaban J connectivity index is 1.82. The summed E-state index contributed by atoms with van der Waals surface area (Å²) in [5, 5.41) is 3.45. The second-order valence-electron chi connectivity index (χ2n) is 4.51. The van der Waals surface area contributed by atoms with E-state index < -0.39 is 0 Å². The van der Waals surface area contributed by atoms with E-state index in [1.165, 1.54) is 12.8 Å². The Hall–Kier alpha value is -0.0800. The normalized spacial score (nSPS) is 19.4. The molecule has 0 spiro atoms. The van der Waals surface area contributed by atoms with E-state index in [9.17, 15) is 0 Å². The van der Waals surface area contributed by atoms with Crippen molar-refractivity contribution in [3.05, 3.63) is 0 Å². The Morgan fingerprint density at radius 3 is 2.54 bits per heavy atom. The largest absolute Gasteiger partial charge is 0.380 e. The fourth-order valence-corrected chi connectivity index (χ4v) is 1.13. The highest BCUT2D eigenvalue weighted by molar-refractivity contribution is 4.72. The van der Waals surface area contributed by atoms with Crippen molar-refractivity contribution in [3.63, 3.8) is 0 Å². The fourth-order valence-electron chi connectivity index (χ4n) is 1.13. The summed E-state index contributed by atoms with van der Waals surface area (Å²) < 4.78 is 5.53. The van der Waals surface area contributed by atoms with Crippen molar-refractivity contribution < 1.29 is 4.74 Å². The van der Waals surface area contributed by atoms with Crippen LogP contribution in [0, 0.1) is 11.8 Å². The molecule has 78 valence electrons. The first-order valence-electron chi connectivity index (χ1n) is 5.51. The number of hydrogen-bond donors (Lipinski definition) is 1. The number of ether oxygens (including phenoxy) is 1. The minimum atomic E-state index is 0.601. The van der Waals surface area contributed by atoms with E-state index in [0.29, 0.717) is 12.0 Å². The molecule has 1 aliphatic rings. The monoisotopic (exact) mass is 185 g/mol. The van der Waals surface area contributed by atoms with Crippen LogP contribution in [-0.4, -0.2) is 25.8 Å². The highest BCUT2D eigenvalue weighted by Crippen LogP contribution is 2.28. The van der Waals surface area contributed by atoms with Gasteiger partial charge in [-0.2, -0.15) is 0 Å². The lowest BCUT2D eigenvalue weighted by Gasteiger charge is -2.17. The van der Waals surface area contributed by atoms with Gasteiger partial charge >= 0.3 is 0 Å². The van der Waals surface area contributed by atoms with Gasteiger partial charge in [-0.3, -0.25) is 0 Å². The van der Waals surface area contributed by atoms with Crippen LogP contribution < -0.4 is 5.32 Å². The van der Waals surface area contributed by atoms with Crippen molar-refractivity contribution in [2.75, 3.05) is 19.8 Å². The summed E-state index contributed by atoms with van der Waals surface area (Å²) in [7, 11) is 0. The predicted molar refractivity (Wildman–Crippen MR) is 55.8 cm³/mol. The molecule has 0 heterocycles. The molecule has 1 saturated carbocycles. The highest BCUT2D eigenvalue weighted by atomic mass is 16.5. The van der Waals surface area contributed by atoms with Crippen molar-refractivity contribution >= 4 is 0 Å². The van der Waals surface area contributed by atoms with E-state index in [1.807, 2.05) is 0 Å². The molecular weight excluding hydrogens is 162 g/mol. The lowest BCUT2D eigenvalue weighted by molar-refractivity contribution is 0.123. The van der Waals surface area contributed by atoms with Crippen molar-refractivity contribution in [1.82, 2.24) is 5.32 Å². The summed E-state index contributed by atoms with van der Waals surface area (Å²) in [6, 6.07) is 0.601. The lowest BCUT2D eigenvalue weighted by Crippen LogP contribution is -2.33. The maximum atomic E-state index is 5.53. The molecule has 1 N–H and O–H groups in total. The first-order chi connectivity index (χ1) is 6.20. The Morgan fingerprint density at radius 1 is 1.31 bits per heavy atom. The molecule has 1 unspecified atom stereocenters. The molecular formula is C11H23NO. The molecule has 2 heteroatoms. The molecule has 1 atom stereocenters. The summed E-state index contributed by atoms with van der Waals surface area (Å²) >= 11 is 0. The van der Waals surface area contributed by atoms with Gasteiger partial charge in [0.2, 0.25) is 0 Å².